The van der Waals surface area contributed by atoms with Gasteiger partial charge in [0.25, 0.3) is 0 Å². The normalized spacial score (nSPS) is 9.92. The van der Waals surface area contributed by atoms with Crippen molar-refractivity contribution in [1.29, 1.82) is 0 Å². The second kappa shape index (κ2) is 4.22. The zero-order valence-electron chi connectivity index (χ0n) is 6.35. The van der Waals surface area contributed by atoms with Gasteiger partial charge in [0, 0.05) is 16.5 Å². The predicted molar refractivity (Wildman–Crippen MR) is 58.3 cm³/mol. The van der Waals surface area contributed by atoms with Gasteiger partial charge in [0.1, 0.15) is 0 Å². The van der Waals surface area contributed by atoms with Crippen LogP contribution in [0.1, 0.15) is 5.56 Å². The Bertz CT molecular complexity index is 287. The van der Waals surface area contributed by atoms with Gasteiger partial charge in [0.05, 0.1) is 0 Å². The zero-order valence-corrected chi connectivity index (χ0v) is 8.76. The summed E-state index contributed by atoms with van der Waals surface area (Å²) in [4.78, 5) is 0.755. The number of thiol groups is 1. The molecule has 0 fully saturated rings. The van der Waals surface area contributed by atoms with Crippen LogP contribution in [0.2, 0.25) is 10.0 Å². The van der Waals surface area contributed by atoms with Crippen molar-refractivity contribution in [2.75, 3.05) is 0 Å². The number of rotatable bonds is 2. The molecule has 0 radical (unpaired) electrons. The lowest BCUT2D eigenvalue weighted by Crippen LogP contribution is -1.86. The molecule has 0 aliphatic heterocycles. The molecule has 0 saturated heterocycles. The molecular weight excluding hydrogens is 211 g/mol. The van der Waals surface area contributed by atoms with Crippen LogP contribution in [0.15, 0.2) is 29.7 Å². The minimum Gasteiger partial charge on any atom is -0.148 e. The lowest BCUT2D eigenvalue weighted by Gasteiger charge is -2.04. The molecule has 0 aliphatic rings. The second-order valence-corrected chi connectivity index (χ2v) is 3.89. The number of hydrogen-bond acceptors (Lipinski definition) is 1. The Labute approximate surface area is 87.6 Å². The van der Waals surface area contributed by atoms with Gasteiger partial charge in [0.15, 0.2) is 0 Å². The summed E-state index contributed by atoms with van der Waals surface area (Å²) >= 11 is 15.9. The predicted octanol–water partition coefficient (Wildman–Crippen LogP) is 3.98. The van der Waals surface area contributed by atoms with Crippen molar-refractivity contribution < 1.29 is 0 Å². The van der Waals surface area contributed by atoms with Crippen molar-refractivity contribution in [3.05, 3.63) is 45.3 Å². The Morgan fingerprint density at radius 2 is 1.83 bits per heavy atom. The van der Waals surface area contributed by atoms with Crippen LogP contribution < -0.4 is 0 Å². The number of allylic oxidation sites excluding steroid dienone is 1. The minimum atomic E-state index is 0.613. The van der Waals surface area contributed by atoms with Crippen LogP contribution in [0, 0.1) is 0 Å². The SMILES string of the molecule is C=C(S)Cc1c(Cl)cccc1Cl. The van der Waals surface area contributed by atoms with Crippen molar-refractivity contribution in [1.82, 2.24) is 0 Å². The first kappa shape index (κ1) is 9.97. The smallest absolute Gasteiger partial charge is 0.0456 e. The summed E-state index contributed by atoms with van der Waals surface area (Å²) in [7, 11) is 0. The summed E-state index contributed by atoms with van der Waals surface area (Å²) in [5.74, 6) is 0. The molecule has 0 heterocycles. The van der Waals surface area contributed by atoms with E-state index in [9.17, 15) is 0 Å². The molecule has 0 unspecified atom stereocenters. The van der Waals surface area contributed by atoms with E-state index in [1.54, 1.807) is 12.1 Å². The maximum Gasteiger partial charge on any atom is 0.0456 e. The average molecular weight is 219 g/mol. The fraction of sp³-hybridized carbons (Fsp3) is 0.111. The van der Waals surface area contributed by atoms with Crippen molar-refractivity contribution in [3.63, 3.8) is 0 Å². The highest BCUT2D eigenvalue weighted by atomic mass is 35.5. The Hall–Kier alpha value is -0.110. The van der Waals surface area contributed by atoms with Crippen LogP contribution in [0.25, 0.3) is 0 Å². The summed E-state index contributed by atoms with van der Waals surface area (Å²) < 4.78 is 0. The van der Waals surface area contributed by atoms with E-state index in [0.29, 0.717) is 16.5 Å². The number of halogens is 2. The molecule has 0 atom stereocenters. The number of benzene rings is 1. The highest BCUT2D eigenvalue weighted by Crippen LogP contribution is 2.26. The van der Waals surface area contributed by atoms with E-state index >= 15 is 0 Å². The van der Waals surface area contributed by atoms with Gasteiger partial charge in [-0.15, -0.1) is 12.6 Å². The average Bonchev–Trinajstić information content (AvgIpc) is 1.97. The molecule has 0 amide bonds. The van der Waals surface area contributed by atoms with Gasteiger partial charge in [-0.2, -0.15) is 0 Å². The van der Waals surface area contributed by atoms with Gasteiger partial charge in [-0.05, 0) is 22.6 Å². The summed E-state index contributed by atoms with van der Waals surface area (Å²) in [6, 6.07) is 5.43. The molecule has 0 spiro atoms. The van der Waals surface area contributed by atoms with E-state index in [1.807, 2.05) is 6.07 Å². The molecule has 0 N–H and O–H groups in total. The first-order valence-corrected chi connectivity index (χ1v) is 4.61. The standard InChI is InChI=1S/C9H8Cl2S/c1-6(12)5-7-8(10)3-2-4-9(7)11/h2-4,12H,1,5H2. The van der Waals surface area contributed by atoms with Crippen LogP contribution in [-0.2, 0) is 6.42 Å². The van der Waals surface area contributed by atoms with Gasteiger partial charge in [-0.3, -0.25) is 0 Å². The Morgan fingerprint density at radius 1 is 1.33 bits per heavy atom. The quantitative estimate of drug-likeness (QED) is 0.714. The summed E-state index contributed by atoms with van der Waals surface area (Å²) in [6.07, 6.45) is 0.613. The molecule has 3 heteroatoms. The third-order valence-electron chi connectivity index (χ3n) is 1.44. The molecule has 1 aromatic carbocycles. The Kier molecular flexibility index (Phi) is 3.51. The largest absolute Gasteiger partial charge is 0.148 e. The minimum absolute atomic E-state index is 0.613. The maximum absolute atomic E-state index is 5.91. The monoisotopic (exact) mass is 218 g/mol. The second-order valence-electron chi connectivity index (χ2n) is 2.44. The van der Waals surface area contributed by atoms with Gasteiger partial charge in [0.2, 0.25) is 0 Å². The fourth-order valence-electron chi connectivity index (χ4n) is 0.905. The third-order valence-corrected chi connectivity index (χ3v) is 2.31. The lowest BCUT2D eigenvalue weighted by molar-refractivity contribution is 1.26. The van der Waals surface area contributed by atoms with E-state index in [0.717, 1.165) is 10.5 Å². The lowest BCUT2D eigenvalue weighted by atomic mass is 10.1. The molecular formula is C9H8Cl2S. The molecule has 1 aromatic rings. The zero-order chi connectivity index (χ0) is 9.14. The van der Waals surface area contributed by atoms with E-state index in [1.165, 1.54) is 0 Å². The van der Waals surface area contributed by atoms with Gasteiger partial charge >= 0.3 is 0 Å². The molecule has 0 bridgehead atoms. The van der Waals surface area contributed by atoms with Crippen LogP contribution in [-0.4, -0.2) is 0 Å². The Balaban J connectivity index is 3.04. The van der Waals surface area contributed by atoms with Crippen LogP contribution in [0.3, 0.4) is 0 Å². The van der Waals surface area contributed by atoms with Crippen molar-refractivity contribution in [2.45, 2.75) is 6.42 Å². The van der Waals surface area contributed by atoms with Gasteiger partial charge in [-0.1, -0.05) is 35.8 Å². The first-order valence-electron chi connectivity index (χ1n) is 3.41. The Morgan fingerprint density at radius 3 is 2.25 bits per heavy atom. The van der Waals surface area contributed by atoms with E-state index in [4.69, 9.17) is 23.2 Å². The topological polar surface area (TPSA) is 0 Å². The summed E-state index contributed by atoms with van der Waals surface area (Å²) in [5, 5.41) is 1.33. The van der Waals surface area contributed by atoms with E-state index in [-0.39, 0.29) is 0 Å². The molecule has 12 heavy (non-hydrogen) atoms. The summed E-state index contributed by atoms with van der Waals surface area (Å²) in [6.45, 7) is 3.68. The van der Waals surface area contributed by atoms with Gasteiger partial charge in [-0.25, -0.2) is 0 Å². The maximum atomic E-state index is 5.91. The fourth-order valence-corrected chi connectivity index (χ4v) is 1.59. The van der Waals surface area contributed by atoms with Crippen LogP contribution >= 0.6 is 35.8 Å². The van der Waals surface area contributed by atoms with E-state index in [2.05, 4.69) is 19.2 Å². The molecule has 1 rings (SSSR count). The molecule has 0 nitrogen and oxygen atoms in total. The van der Waals surface area contributed by atoms with E-state index < -0.39 is 0 Å². The molecule has 0 aliphatic carbocycles. The molecule has 0 aromatic heterocycles. The highest BCUT2D eigenvalue weighted by Gasteiger charge is 2.04. The molecule has 0 saturated carbocycles. The highest BCUT2D eigenvalue weighted by molar-refractivity contribution is 7.84. The third kappa shape index (κ3) is 2.44. The first-order chi connectivity index (χ1) is 5.61. The van der Waals surface area contributed by atoms with Crippen LogP contribution in [0.5, 0.6) is 0 Å². The van der Waals surface area contributed by atoms with Crippen LogP contribution in [0.4, 0.5) is 0 Å². The summed E-state index contributed by atoms with van der Waals surface area (Å²) in [5.41, 5.74) is 0.890. The van der Waals surface area contributed by atoms with Crippen molar-refractivity contribution >= 4 is 35.8 Å². The van der Waals surface area contributed by atoms with Gasteiger partial charge < -0.3 is 0 Å². The van der Waals surface area contributed by atoms with Crippen molar-refractivity contribution in [3.8, 4) is 0 Å². The molecule has 64 valence electrons. The van der Waals surface area contributed by atoms with Crippen molar-refractivity contribution in [2.24, 2.45) is 0 Å². The number of hydrogen-bond donors (Lipinski definition) is 1.